The van der Waals surface area contributed by atoms with E-state index in [4.69, 9.17) is 0 Å². The molecule has 1 N–H and O–H groups in total. The first-order valence-corrected chi connectivity index (χ1v) is 8.00. The summed E-state index contributed by atoms with van der Waals surface area (Å²) in [6.07, 6.45) is 3.17. The Hall–Kier alpha value is -1.77. The number of pyridine rings is 1. The van der Waals surface area contributed by atoms with E-state index in [2.05, 4.69) is 14.4 Å². The van der Waals surface area contributed by atoms with Crippen molar-refractivity contribution in [1.29, 1.82) is 0 Å². The Bertz CT molecular complexity index is 695. The van der Waals surface area contributed by atoms with E-state index in [1.165, 1.54) is 17.9 Å². The van der Waals surface area contributed by atoms with Crippen LogP contribution in [0.5, 0.6) is 0 Å². The number of carbonyl (C=O) groups excluding carboxylic acids is 1. The van der Waals surface area contributed by atoms with Gasteiger partial charge in [0.15, 0.2) is 0 Å². The van der Waals surface area contributed by atoms with E-state index >= 15 is 0 Å². The summed E-state index contributed by atoms with van der Waals surface area (Å²) >= 11 is 1.13. The van der Waals surface area contributed by atoms with Gasteiger partial charge in [0, 0.05) is 29.7 Å². The predicted molar refractivity (Wildman–Crippen MR) is 73.9 cm³/mol. The number of nitrogens with zero attached hydrogens (tertiary/aromatic N) is 1. The van der Waals surface area contributed by atoms with Gasteiger partial charge in [0.05, 0.1) is 12.7 Å². The standard InChI is InChI=1S/C12H12N2O4S2/c1-18-12(15)10-7-19-8-11(10)20(16,17)14-6-9-3-2-4-13-5-9/h2-5,7-8,14H,6H2,1H3. The summed E-state index contributed by atoms with van der Waals surface area (Å²) in [5.74, 6) is -0.673. The molecule has 0 aliphatic rings. The van der Waals surface area contributed by atoms with Crippen molar-refractivity contribution in [3.05, 3.63) is 46.4 Å². The quantitative estimate of drug-likeness (QED) is 0.844. The summed E-state index contributed by atoms with van der Waals surface area (Å²) in [7, 11) is -2.56. The van der Waals surface area contributed by atoms with Gasteiger partial charge in [-0.2, -0.15) is 11.3 Å². The predicted octanol–water partition coefficient (Wildman–Crippen LogP) is 1.41. The molecule has 2 aromatic heterocycles. The minimum absolute atomic E-state index is 0.0381. The van der Waals surface area contributed by atoms with Gasteiger partial charge in [-0.15, -0.1) is 0 Å². The van der Waals surface area contributed by atoms with Crippen LogP contribution in [0.4, 0.5) is 0 Å². The van der Waals surface area contributed by atoms with Crippen LogP contribution in [0, 0.1) is 0 Å². The van der Waals surface area contributed by atoms with Crippen LogP contribution >= 0.6 is 11.3 Å². The lowest BCUT2D eigenvalue weighted by molar-refractivity contribution is 0.0597. The number of ether oxygens (including phenoxy) is 1. The normalized spacial score (nSPS) is 11.2. The second kappa shape index (κ2) is 6.12. The molecule has 0 aliphatic heterocycles. The second-order valence-corrected chi connectivity index (χ2v) is 6.31. The number of aromatic nitrogens is 1. The zero-order valence-corrected chi connectivity index (χ0v) is 12.2. The van der Waals surface area contributed by atoms with Gasteiger partial charge in [-0.1, -0.05) is 6.07 Å². The lowest BCUT2D eigenvalue weighted by atomic mass is 10.3. The van der Waals surface area contributed by atoms with Crippen LogP contribution in [0.2, 0.25) is 0 Å². The summed E-state index contributed by atoms with van der Waals surface area (Å²) in [5, 5.41) is 2.85. The maximum Gasteiger partial charge on any atom is 0.340 e. The molecule has 0 unspecified atom stereocenters. The average molecular weight is 312 g/mol. The van der Waals surface area contributed by atoms with Crippen LogP contribution in [0.3, 0.4) is 0 Å². The lowest BCUT2D eigenvalue weighted by Gasteiger charge is -2.06. The first-order chi connectivity index (χ1) is 9.54. The summed E-state index contributed by atoms with van der Waals surface area (Å²) in [4.78, 5) is 15.3. The van der Waals surface area contributed by atoms with Gasteiger partial charge in [-0.3, -0.25) is 4.98 Å². The zero-order chi connectivity index (χ0) is 14.6. The van der Waals surface area contributed by atoms with Crippen LogP contribution in [-0.2, 0) is 21.3 Å². The Morgan fingerprint density at radius 1 is 1.45 bits per heavy atom. The second-order valence-electron chi connectivity index (χ2n) is 3.83. The van der Waals surface area contributed by atoms with Gasteiger partial charge >= 0.3 is 5.97 Å². The Morgan fingerprint density at radius 2 is 2.25 bits per heavy atom. The van der Waals surface area contributed by atoms with Crippen LogP contribution in [0.1, 0.15) is 15.9 Å². The molecule has 0 bridgehead atoms. The fraction of sp³-hybridized carbons (Fsp3) is 0.167. The minimum Gasteiger partial charge on any atom is -0.465 e. The zero-order valence-electron chi connectivity index (χ0n) is 10.6. The Balaban J connectivity index is 2.19. The van der Waals surface area contributed by atoms with Crippen molar-refractivity contribution in [2.24, 2.45) is 0 Å². The Kier molecular flexibility index (Phi) is 4.48. The smallest absolute Gasteiger partial charge is 0.340 e. The van der Waals surface area contributed by atoms with Gasteiger partial charge in [-0.25, -0.2) is 17.9 Å². The summed E-state index contributed by atoms with van der Waals surface area (Å²) in [6.45, 7) is 0.104. The number of hydrogen-bond donors (Lipinski definition) is 1. The van der Waals surface area contributed by atoms with E-state index in [1.54, 1.807) is 24.5 Å². The summed E-state index contributed by atoms with van der Waals surface area (Å²) in [5.41, 5.74) is 0.766. The lowest BCUT2D eigenvalue weighted by Crippen LogP contribution is -2.24. The Labute approximate surface area is 120 Å². The topological polar surface area (TPSA) is 85.4 Å². The molecule has 0 aliphatic carbocycles. The van der Waals surface area contributed by atoms with Crippen molar-refractivity contribution in [1.82, 2.24) is 9.71 Å². The highest BCUT2D eigenvalue weighted by Crippen LogP contribution is 2.21. The molecule has 0 spiro atoms. The summed E-state index contributed by atoms with van der Waals surface area (Å²) < 4.78 is 31.3. The third-order valence-electron chi connectivity index (χ3n) is 2.51. The van der Waals surface area contributed by atoms with E-state index in [0.717, 1.165) is 16.9 Å². The molecule has 0 atom stereocenters. The minimum atomic E-state index is -3.77. The number of sulfonamides is 1. The fourth-order valence-electron chi connectivity index (χ4n) is 1.51. The third kappa shape index (κ3) is 3.21. The molecule has 2 aromatic rings. The molecule has 0 amide bonds. The number of esters is 1. The molecule has 0 radical (unpaired) electrons. The van der Waals surface area contributed by atoms with Crippen LogP contribution < -0.4 is 4.72 Å². The van der Waals surface area contributed by atoms with E-state index in [-0.39, 0.29) is 17.0 Å². The first kappa shape index (κ1) is 14.6. The fourth-order valence-corrected chi connectivity index (χ4v) is 3.88. The molecule has 0 saturated carbocycles. The number of nitrogens with one attached hydrogen (secondary N) is 1. The molecule has 0 fully saturated rings. The van der Waals surface area contributed by atoms with Crippen LogP contribution in [0.15, 0.2) is 40.2 Å². The number of carbonyl (C=O) groups is 1. The van der Waals surface area contributed by atoms with Crippen molar-refractivity contribution < 1.29 is 17.9 Å². The van der Waals surface area contributed by atoms with Crippen molar-refractivity contribution in [3.8, 4) is 0 Å². The number of methoxy groups -OCH3 is 1. The maximum absolute atomic E-state index is 12.2. The van der Waals surface area contributed by atoms with Gasteiger partial charge in [-0.05, 0) is 11.6 Å². The number of thiophene rings is 1. The van der Waals surface area contributed by atoms with Crippen LogP contribution in [-0.4, -0.2) is 26.5 Å². The van der Waals surface area contributed by atoms with Crippen molar-refractivity contribution in [2.75, 3.05) is 7.11 Å². The molecule has 20 heavy (non-hydrogen) atoms. The van der Waals surface area contributed by atoms with Crippen molar-refractivity contribution >= 4 is 27.3 Å². The monoisotopic (exact) mass is 312 g/mol. The molecule has 106 valence electrons. The molecule has 6 nitrogen and oxygen atoms in total. The molecular weight excluding hydrogens is 300 g/mol. The first-order valence-electron chi connectivity index (χ1n) is 5.57. The van der Waals surface area contributed by atoms with E-state index in [9.17, 15) is 13.2 Å². The van der Waals surface area contributed by atoms with E-state index in [0.29, 0.717) is 0 Å². The SMILES string of the molecule is COC(=O)c1cscc1S(=O)(=O)NCc1cccnc1. The molecule has 8 heteroatoms. The van der Waals surface area contributed by atoms with Gasteiger partial charge in [0.25, 0.3) is 0 Å². The largest absolute Gasteiger partial charge is 0.465 e. The summed E-state index contributed by atoms with van der Waals surface area (Å²) in [6, 6.07) is 3.47. The highest BCUT2D eigenvalue weighted by atomic mass is 32.2. The van der Waals surface area contributed by atoms with Crippen molar-refractivity contribution in [2.45, 2.75) is 11.4 Å². The highest BCUT2D eigenvalue weighted by Gasteiger charge is 2.23. The highest BCUT2D eigenvalue weighted by molar-refractivity contribution is 7.89. The maximum atomic E-state index is 12.2. The number of rotatable bonds is 5. The number of hydrogen-bond acceptors (Lipinski definition) is 6. The Morgan fingerprint density at radius 3 is 2.90 bits per heavy atom. The molecule has 2 rings (SSSR count). The van der Waals surface area contributed by atoms with Crippen LogP contribution in [0.25, 0.3) is 0 Å². The van der Waals surface area contributed by atoms with Gasteiger partial charge in [0.2, 0.25) is 10.0 Å². The van der Waals surface area contributed by atoms with Crippen molar-refractivity contribution in [3.63, 3.8) is 0 Å². The van der Waals surface area contributed by atoms with Gasteiger partial charge < -0.3 is 4.74 Å². The van der Waals surface area contributed by atoms with Gasteiger partial charge in [0.1, 0.15) is 4.90 Å². The van der Waals surface area contributed by atoms with E-state index in [1.807, 2.05) is 0 Å². The molecule has 0 aromatic carbocycles. The average Bonchev–Trinajstić information content (AvgIpc) is 2.96. The molecule has 0 saturated heterocycles. The van der Waals surface area contributed by atoms with E-state index < -0.39 is 16.0 Å². The molecular formula is C12H12N2O4S2. The molecule has 2 heterocycles. The third-order valence-corrected chi connectivity index (χ3v) is 4.84.